The van der Waals surface area contributed by atoms with Crippen LogP contribution < -0.4 is 4.90 Å². The molecule has 0 radical (unpaired) electrons. The van der Waals surface area contributed by atoms with Gasteiger partial charge in [0.05, 0.1) is 5.69 Å². The lowest BCUT2D eigenvalue weighted by atomic mass is 10.0. The van der Waals surface area contributed by atoms with E-state index >= 15 is 0 Å². The third-order valence-electron chi connectivity index (χ3n) is 5.37. The number of aryl methyl sites for hydroxylation is 2. The molecule has 2 aliphatic heterocycles. The number of hydrogen-bond donors (Lipinski definition) is 0. The molecule has 0 spiro atoms. The van der Waals surface area contributed by atoms with E-state index in [0.717, 1.165) is 45.1 Å². The summed E-state index contributed by atoms with van der Waals surface area (Å²) >= 11 is 0. The van der Waals surface area contributed by atoms with Gasteiger partial charge in [0.25, 0.3) is 0 Å². The standard InChI is InChI=1S/C20H26N4/c1-15-5-6-17(11-16(15)2)13-23-10-7-19-18(14-23)12-21-20(22-19)24-8-3-4-9-24/h5-6,11-12H,3-4,7-10,13-14H2,1-2H3. The molecule has 2 aromatic rings. The van der Waals surface area contributed by atoms with Gasteiger partial charge in [-0.3, -0.25) is 4.90 Å². The zero-order valence-electron chi connectivity index (χ0n) is 14.8. The van der Waals surface area contributed by atoms with Gasteiger partial charge in [-0.15, -0.1) is 0 Å². The van der Waals surface area contributed by atoms with Crippen LogP contribution in [0.2, 0.25) is 0 Å². The van der Waals surface area contributed by atoms with Crippen LogP contribution in [0.15, 0.2) is 24.4 Å². The second-order valence-electron chi connectivity index (χ2n) is 7.22. The molecule has 3 heterocycles. The molecule has 0 bridgehead atoms. The molecule has 1 aromatic heterocycles. The molecule has 1 fully saturated rings. The Bertz CT molecular complexity index is 734. The van der Waals surface area contributed by atoms with Crippen LogP contribution in [0, 0.1) is 13.8 Å². The molecule has 0 saturated carbocycles. The Balaban J connectivity index is 1.46. The van der Waals surface area contributed by atoms with Gasteiger partial charge in [0.1, 0.15) is 0 Å². The minimum atomic E-state index is 0.939. The van der Waals surface area contributed by atoms with Gasteiger partial charge in [0.2, 0.25) is 5.95 Å². The predicted molar refractivity (Wildman–Crippen MR) is 97.2 cm³/mol. The van der Waals surface area contributed by atoms with E-state index in [9.17, 15) is 0 Å². The Hall–Kier alpha value is -1.94. The number of nitrogens with zero attached hydrogens (tertiary/aromatic N) is 4. The summed E-state index contributed by atoms with van der Waals surface area (Å²) in [4.78, 5) is 14.3. The van der Waals surface area contributed by atoms with E-state index in [4.69, 9.17) is 4.98 Å². The highest BCUT2D eigenvalue weighted by Gasteiger charge is 2.21. The highest BCUT2D eigenvalue weighted by Crippen LogP contribution is 2.23. The molecular weight excluding hydrogens is 296 g/mol. The molecule has 1 saturated heterocycles. The van der Waals surface area contributed by atoms with Gasteiger partial charge in [-0.2, -0.15) is 0 Å². The monoisotopic (exact) mass is 322 g/mol. The fourth-order valence-corrected chi connectivity index (χ4v) is 3.73. The maximum Gasteiger partial charge on any atom is 0.225 e. The second-order valence-corrected chi connectivity index (χ2v) is 7.22. The van der Waals surface area contributed by atoms with Gasteiger partial charge in [0.15, 0.2) is 0 Å². The van der Waals surface area contributed by atoms with Crippen molar-refractivity contribution in [2.45, 2.75) is 46.2 Å². The lowest BCUT2D eigenvalue weighted by Gasteiger charge is -2.29. The fourth-order valence-electron chi connectivity index (χ4n) is 3.73. The largest absolute Gasteiger partial charge is 0.341 e. The third-order valence-corrected chi connectivity index (χ3v) is 5.37. The van der Waals surface area contributed by atoms with Gasteiger partial charge < -0.3 is 4.90 Å². The summed E-state index contributed by atoms with van der Waals surface area (Å²) in [5, 5.41) is 0. The fraction of sp³-hybridized carbons (Fsp3) is 0.500. The average Bonchev–Trinajstić information content (AvgIpc) is 3.12. The molecule has 0 amide bonds. The van der Waals surface area contributed by atoms with Gasteiger partial charge in [-0.1, -0.05) is 18.2 Å². The van der Waals surface area contributed by atoms with Crippen molar-refractivity contribution in [1.82, 2.24) is 14.9 Å². The molecule has 1 aromatic carbocycles. The first-order chi connectivity index (χ1) is 11.7. The van der Waals surface area contributed by atoms with Crippen molar-refractivity contribution in [1.29, 1.82) is 0 Å². The molecule has 0 N–H and O–H groups in total. The Morgan fingerprint density at radius 1 is 1.04 bits per heavy atom. The molecular formula is C20H26N4. The van der Waals surface area contributed by atoms with Crippen molar-refractivity contribution in [3.63, 3.8) is 0 Å². The maximum atomic E-state index is 4.85. The zero-order valence-corrected chi connectivity index (χ0v) is 14.8. The Kier molecular flexibility index (Phi) is 4.23. The Labute approximate surface area is 144 Å². The number of benzene rings is 1. The van der Waals surface area contributed by atoms with Crippen LogP contribution in [-0.4, -0.2) is 34.5 Å². The molecule has 0 aliphatic carbocycles. The number of rotatable bonds is 3. The van der Waals surface area contributed by atoms with Crippen LogP contribution in [0.5, 0.6) is 0 Å². The quantitative estimate of drug-likeness (QED) is 0.868. The molecule has 4 rings (SSSR count). The van der Waals surface area contributed by atoms with E-state index in [2.05, 4.69) is 53.0 Å². The first kappa shape index (κ1) is 15.6. The SMILES string of the molecule is Cc1ccc(CN2CCc3nc(N4CCCC4)ncc3C2)cc1C. The Morgan fingerprint density at radius 2 is 1.88 bits per heavy atom. The minimum absolute atomic E-state index is 0.939. The first-order valence-electron chi connectivity index (χ1n) is 9.07. The molecule has 4 heteroatoms. The van der Waals surface area contributed by atoms with E-state index in [1.54, 1.807) is 0 Å². The number of aromatic nitrogens is 2. The van der Waals surface area contributed by atoms with E-state index in [0.29, 0.717) is 0 Å². The van der Waals surface area contributed by atoms with E-state index in [1.807, 2.05) is 0 Å². The van der Waals surface area contributed by atoms with Crippen LogP contribution >= 0.6 is 0 Å². The van der Waals surface area contributed by atoms with Gasteiger partial charge in [-0.05, 0) is 43.4 Å². The van der Waals surface area contributed by atoms with Crippen LogP contribution in [-0.2, 0) is 19.5 Å². The average molecular weight is 322 g/mol. The normalized spacial score (nSPS) is 18.0. The molecule has 0 unspecified atom stereocenters. The van der Waals surface area contributed by atoms with Crippen molar-refractivity contribution >= 4 is 5.95 Å². The molecule has 24 heavy (non-hydrogen) atoms. The van der Waals surface area contributed by atoms with Crippen molar-refractivity contribution in [2.75, 3.05) is 24.5 Å². The van der Waals surface area contributed by atoms with E-state index in [1.165, 1.54) is 40.8 Å². The summed E-state index contributed by atoms with van der Waals surface area (Å²) < 4.78 is 0. The Morgan fingerprint density at radius 3 is 2.67 bits per heavy atom. The van der Waals surface area contributed by atoms with Crippen LogP contribution in [0.4, 0.5) is 5.95 Å². The van der Waals surface area contributed by atoms with Crippen LogP contribution in [0.1, 0.15) is 40.8 Å². The number of fused-ring (bicyclic) bond motifs is 1. The first-order valence-corrected chi connectivity index (χ1v) is 9.07. The highest BCUT2D eigenvalue weighted by atomic mass is 15.3. The molecule has 2 aliphatic rings. The third kappa shape index (κ3) is 3.16. The van der Waals surface area contributed by atoms with Crippen LogP contribution in [0.25, 0.3) is 0 Å². The molecule has 0 atom stereocenters. The summed E-state index contributed by atoms with van der Waals surface area (Å²) in [6.07, 6.45) is 5.63. The molecule has 4 nitrogen and oxygen atoms in total. The number of anilines is 1. The van der Waals surface area contributed by atoms with Crippen LogP contribution in [0.3, 0.4) is 0 Å². The highest BCUT2D eigenvalue weighted by molar-refractivity contribution is 5.35. The summed E-state index contributed by atoms with van der Waals surface area (Å²) in [6, 6.07) is 6.80. The summed E-state index contributed by atoms with van der Waals surface area (Å²) in [5.74, 6) is 0.939. The predicted octanol–water partition coefficient (Wildman–Crippen LogP) is 3.25. The number of hydrogen-bond acceptors (Lipinski definition) is 4. The summed E-state index contributed by atoms with van der Waals surface area (Å²) in [7, 11) is 0. The smallest absolute Gasteiger partial charge is 0.225 e. The maximum absolute atomic E-state index is 4.85. The van der Waals surface area contributed by atoms with Gasteiger partial charge in [-0.25, -0.2) is 9.97 Å². The van der Waals surface area contributed by atoms with Crippen molar-refractivity contribution in [3.05, 3.63) is 52.3 Å². The second kappa shape index (κ2) is 6.52. The van der Waals surface area contributed by atoms with Crippen molar-refractivity contribution in [2.24, 2.45) is 0 Å². The summed E-state index contributed by atoms with van der Waals surface area (Å²) in [6.45, 7) is 9.63. The van der Waals surface area contributed by atoms with Crippen molar-refractivity contribution < 1.29 is 0 Å². The van der Waals surface area contributed by atoms with Crippen molar-refractivity contribution in [3.8, 4) is 0 Å². The minimum Gasteiger partial charge on any atom is -0.341 e. The lowest BCUT2D eigenvalue weighted by Crippen LogP contribution is -2.31. The zero-order chi connectivity index (χ0) is 16.5. The summed E-state index contributed by atoms with van der Waals surface area (Å²) in [5.41, 5.74) is 6.70. The molecule has 126 valence electrons. The van der Waals surface area contributed by atoms with E-state index < -0.39 is 0 Å². The van der Waals surface area contributed by atoms with Gasteiger partial charge >= 0.3 is 0 Å². The van der Waals surface area contributed by atoms with E-state index in [-0.39, 0.29) is 0 Å². The lowest BCUT2D eigenvalue weighted by molar-refractivity contribution is 0.243. The van der Waals surface area contributed by atoms with Gasteiger partial charge in [0, 0.05) is 50.9 Å². The topological polar surface area (TPSA) is 32.3 Å².